The number of hydrogen-bond donors (Lipinski definition) is 2. The van der Waals surface area contributed by atoms with Crippen molar-refractivity contribution in [2.45, 2.75) is 26.2 Å². The quantitative estimate of drug-likeness (QED) is 0.909. The molecule has 1 heterocycles. The second kappa shape index (κ2) is 6.35. The molecule has 2 N–H and O–H groups in total. The van der Waals surface area contributed by atoms with Crippen molar-refractivity contribution in [1.82, 2.24) is 5.32 Å². The predicted molar refractivity (Wildman–Crippen MR) is 94.9 cm³/mol. The van der Waals surface area contributed by atoms with Gasteiger partial charge in [-0.3, -0.25) is 15.0 Å². The third-order valence-electron chi connectivity index (χ3n) is 4.28. The Hall–Kier alpha value is -2.82. The van der Waals surface area contributed by atoms with Crippen molar-refractivity contribution in [3.05, 3.63) is 59.2 Å². The molecule has 1 unspecified atom stereocenters. The maximum atomic E-state index is 12.9. The van der Waals surface area contributed by atoms with Crippen molar-refractivity contribution in [3.63, 3.8) is 0 Å². The van der Waals surface area contributed by atoms with Crippen LogP contribution in [0.2, 0.25) is 0 Å². The number of anilines is 2. The summed E-state index contributed by atoms with van der Waals surface area (Å²) in [5, 5.41) is 4.15. The molecule has 1 aliphatic rings. The molecule has 3 rings (SSSR count). The summed E-state index contributed by atoms with van der Waals surface area (Å²) < 4.78 is 0. The van der Waals surface area contributed by atoms with E-state index >= 15 is 0 Å². The number of aryl methyl sites for hydroxylation is 2. The minimum absolute atomic E-state index is 0.111. The van der Waals surface area contributed by atoms with Crippen LogP contribution in [0.15, 0.2) is 42.5 Å². The summed E-state index contributed by atoms with van der Waals surface area (Å²) in [6.45, 7) is 4.00. The highest BCUT2D eigenvalue weighted by Gasteiger charge is 2.38. The number of carbonyl (C=O) groups is 2. The molecule has 2 aromatic carbocycles. The van der Waals surface area contributed by atoms with E-state index in [9.17, 15) is 9.59 Å². The lowest BCUT2D eigenvalue weighted by Gasteiger charge is -2.20. The first kappa shape index (κ1) is 16.1. The van der Waals surface area contributed by atoms with Gasteiger partial charge in [0.2, 0.25) is 5.91 Å². The second-order valence-corrected chi connectivity index (χ2v) is 6.14. The largest absolute Gasteiger partial charge is 0.359 e. The van der Waals surface area contributed by atoms with E-state index in [0.29, 0.717) is 0 Å². The third-order valence-corrected chi connectivity index (χ3v) is 4.28. The second-order valence-electron chi connectivity index (χ2n) is 6.14. The lowest BCUT2D eigenvalue weighted by molar-refractivity contribution is -0.125. The van der Waals surface area contributed by atoms with E-state index in [1.54, 1.807) is 12.1 Å². The van der Waals surface area contributed by atoms with Gasteiger partial charge in [0.25, 0.3) is 5.91 Å². The number of nitrogens with zero attached hydrogens (tertiary/aromatic N) is 1. The van der Waals surface area contributed by atoms with Crippen molar-refractivity contribution in [2.75, 3.05) is 17.5 Å². The summed E-state index contributed by atoms with van der Waals surface area (Å²) in [5.41, 5.74) is 7.92. The first-order valence-electron chi connectivity index (χ1n) is 7.98. The third kappa shape index (κ3) is 2.97. The van der Waals surface area contributed by atoms with Crippen LogP contribution >= 0.6 is 0 Å². The topological polar surface area (TPSA) is 61.4 Å². The average molecular weight is 323 g/mol. The fraction of sp³-hybridized carbons (Fsp3) is 0.263. The zero-order valence-corrected chi connectivity index (χ0v) is 14.1. The van der Waals surface area contributed by atoms with Crippen LogP contribution < -0.4 is 15.8 Å². The number of benzene rings is 2. The highest BCUT2D eigenvalue weighted by atomic mass is 16.2. The van der Waals surface area contributed by atoms with Crippen LogP contribution in [0.25, 0.3) is 0 Å². The zero-order chi connectivity index (χ0) is 17.3. The summed E-state index contributed by atoms with van der Waals surface area (Å²) in [6, 6.07) is 13.7. The Labute approximate surface area is 141 Å². The van der Waals surface area contributed by atoms with Crippen LogP contribution in [0, 0.1) is 13.8 Å². The molecule has 0 radical (unpaired) electrons. The number of carbonyl (C=O) groups excluding carboxylic acids is 2. The molecular weight excluding hydrogens is 302 g/mol. The molecule has 1 atom stereocenters. The molecule has 0 fully saturated rings. The molecule has 0 saturated heterocycles. The number of hydrogen-bond acceptors (Lipinski definition) is 3. The fourth-order valence-electron chi connectivity index (χ4n) is 2.92. The minimum Gasteiger partial charge on any atom is -0.359 e. The molecule has 124 valence electrons. The van der Waals surface area contributed by atoms with Gasteiger partial charge in [-0.05, 0) is 37.6 Å². The molecule has 0 spiro atoms. The van der Waals surface area contributed by atoms with Gasteiger partial charge in [0.05, 0.1) is 17.3 Å². The summed E-state index contributed by atoms with van der Waals surface area (Å²) >= 11 is 0. The number of nitrogens with one attached hydrogen (secondary N) is 2. The Kier molecular flexibility index (Phi) is 4.25. The summed E-state index contributed by atoms with van der Waals surface area (Å²) in [4.78, 5) is 24.7. The Morgan fingerprint density at radius 1 is 1.08 bits per heavy atom. The molecule has 1 aliphatic heterocycles. The minimum atomic E-state index is -0.460. The summed E-state index contributed by atoms with van der Waals surface area (Å²) in [5.74, 6) is -0.712. The molecular formula is C19H21N3O2. The number of hydrazine groups is 1. The smallest absolute Gasteiger partial charge is 0.253 e. The molecule has 24 heavy (non-hydrogen) atoms. The molecule has 5 heteroatoms. The van der Waals surface area contributed by atoms with Crippen molar-refractivity contribution in [1.29, 1.82) is 0 Å². The Morgan fingerprint density at radius 2 is 1.75 bits per heavy atom. The van der Waals surface area contributed by atoms with Gasteiger partial charge >= 0.3 is 0 Å². The van der Waals surface area contributed by atoms with Crippen molar-refractivity contribution < 1.29 is 9.59 Å². The molecule has 0 saturated carbocycles. The van der Waals surface area contributed by atoms with Crippen molar-refractivity contribution in [3.8, 4) is 0 Å². The molecule has 2 amide bonds. The van der Waals surface area contributed by atoms with Gasteiger partial charge in [-0.2, -0.15) is 0 Å². The van der Waals surface area contributed by atoms with Gasteiger partial charge in [0.15, 0.2) is 0 Å². The Bertz CT molecular complexity index is 784. The van der Waals surface area contributed by atoms with Gasteiger partial charge in [-0.25, -0.2) is 5.01 Å². The van der Waals surface area contributed by atoms with Crippen LogP contribution in [-0.2, 0) is 9.59 Å². The maximum absolute atomic E-state index is 12.9. The maximum Gasteiger partial charge on any atom is 0.253 e. The standard InChI is InChI=1S/C19H21N3O2/c1-12-4-7-14(8-5-12)21-22-17-9-6-13(2)10-15(17)16(19(22)24)11-18(23)20-3/h4-10,16,21H,11H2,1-3H3,(H,20,23). The van der Waals surface area contributed by atoms with Crippen LogP contribution in [0.3, 0.4) is 0 Å². The van der Waals surface area contributed by atoms with Crippen LogP contribution in [-0.4, -0.2) is 18.9 Å². The zero-order valence-electron chi connectivity index (χ0n) is 14.1. The van der Waals surface area contributed by atoms with E-state index in [4.69, 9.17) is 0 Å². The summed E-state index contributed by atoms with van der Waals surface area (Å²) in [6.07, 6.45) is 0.151. The van der Waals surface area contributed by atoms with Crippen LogP contribution in [0.5, 0.6) is 0 Å². The van der Waals surface area contributed by atoms with E-state index in [-0.39, 0.29) is 18.2 Å². The van der Waals surface area contributed by atoms with E-state index < -0.39 is 5.92 Å². The van der Waals surface area contributed by atoms with Crippen molar-refractivity contribution >= 4 is 23.2 Å². The first-order chi connectivity index (χ1) is 11.5. The first-order valence-corrected chi connectivity index (χ1v) is 7.98. The Morgan fingerprint density at radius 3 is 2.42 bits per heavy atom. The van der Waals surface area contributed by atoms with Gasteiger partial charge < -0.3 is 5.32 Å². The molecule has 0 aliphatic carbocycles. The molecule has 5 nitrogen and oxygen atoms in total. The van der Waals surface area contributed by atoms with E-state index in [0.717, 1.165) is 28.1 Å². The monoisotopic (exact) mass is 323 g/mol. The van der Waals surface area contributed by atoms with Gasteiger partial charge in [-0.1, -0.05) is 35.4 Å². The number of amides is 2. The van der Waals surface area contributed by atoms with E-state index in [1.165, 1.54) is 0 Å². The van der Waals surface area contributed by atoms with E-state index in [1.807, 2.05) is 56.3 Å². The fourth-order valence-corrected chi connectivity index (χ4v) is 2.92. The van der Waals surface area contributed by atoms with E-state index in [2.05, 4.69) is 10.7 Å². The number of rotatable bonds is 4. The SMILES string of the molecule is CNC(=O)CC1C(=O)N(Nc2ccc(C)cc2)c2ccc(C)cc21. The highest BCUT2D eigenvalue weighted by molar-refractivity contribution is 6.08. The summed E-state index contributed by atoms with van der Waals surface area (Å²) in [7, 11) is 1.58. The lowest BCUT2D eigenvalue weighted by Crippen LogP contribution is -2.35. The Balaban J connectivity index is 1.94. The number of fused-ring (bicyclic) bond motifs is 1. The lowest BCUT2D eigenvalue weighted by atomic mass is 9.95. The molecule has 0 aromatic heterocycles. The normalized spacial score (nSPS) is 16.0. The predicted octanol–water partition coefficient (Wildman–Crippen LogP) is 2.90. The highest BCUT2D eigenvalue weighted by Crippen LogP contribution is 2.39. The van der Waals surface area contributed by atoms with Crippen LogP contribution in [0.1, 0.15) is 29.0 Å². The van der Waals surface area contributed by atoms with Gasteiger partial charge in [-0.15, -0.1) is 0 Å². The van der Waals surface area contributed by atoms with Crippen molar-refractivity contribution in [2.24, 2.45) is 0 Å². The van der Waals surface area contributed by atoms with Gasteiger partial charge in [0, 0.05) is 13.5 Å². The molecule has 2 aromatic rings. The van der Waals surface area contributed by atoms with Gasteiger partial charge in [0.1, 0.15) is 0 Å². The average Bonchev–Trinajstić information content (AvgIpc) is 2.82. The van der Waals surface area contributed by atoms with Crippen LogP contribution in [0.4, 0.5) is 11.4 Å². The molecule has 0 bridgehead atoms.